The van der Waals surface area contributed by atoms with E-state index in [0.29, 0.717) is 4.57 Å². The number of alkyl halides is 1. The molecule has 0 radical (unpaired) electrons. The summed E-state index contributed by atoms with van der Waals surface area (Å²) in [7, 11) is 1.16. The topological polar surface area (TPSA) is 105 Å². The molecule has 1 aromatic heterocycles. The van der Waals surface area contributed by atoms with Gasteiger partial charge in [-0.25, -0.2) is 9.18 Å². The summed E-state index contributed by atoms with van der Waals surface area (Å²) >= 11 is 0. The number of H-pyrrole nitrogens is 1. The normalized spacial score (nSPS) is 16.5. The zero-order valence-electron chi connectivity index (χ0n) is 9.04. The summed E-state index contributed by atoms with van der Waals surface area (Å²) in [5, 5.41) is 18.4. The van der Waals surface area contributed by atoms with Gasteiger partial charge in [0.05, 0.1) is 6.61 Å². The molecule has 0 saturated carbocycles. The van der Waals surface area contributed by atoms with Crippen LogP contribution in [0.25, 0.3) is 0 Å². The first-order valence-corrected chi connectivity index (χ1v) is 4.78. The van der Waals surface area contributed by atoms with Crippen molar-refractivity contribution in [2.75, 3.05) is 13.7 Å². The fourth-order valence-electron chi connectivity index (χ4n) is 1.29. The van der Waals surface area contributed by atoms with E-state index >= 15 is 0 Å². The molecule has 1 rings (SSSR count). The van der Waals surface area contributed by atoms with Crippen LogP contribution in [0.1, 0.15) is 6.23 Å². The zero-order valence-corrected chi connectivity index (χ0v) is 9.04. The number of nitrogens with zero attached hydrogens (tertiary/aromatic N) is 1. The third-order valence-corrected chi connectivity index (χ3v) is 2.26. The molecule has 7 nitrogen and oxygen atoms in total. The molecular weight excluding hydrogens is 235 g/mol. The van der Waals surface area contributed by atoms with Gasteiger partial charge in [0, 0.05) is 19.4 Å². The van der Waals surface area contributed by atoms with Gasteiger partial charge in [0.25, 0.3) is 5.56 Å². The van der Waals surface area contributed by atoms with Crippen LogP contribution < -0.4 is 11.2 Å². The maximum absolute atomic E-state index is 13.6. The highest BCUT2D eigenvalue weighted by molar-refractivity contribution is 4.86. The van der Waals surface area contributed by atoms with Gasteiger partial charge in [0.1, 0.15) is 6.10 Å². The number of aromatic amines is 1. The number of methoxy groups -OCH3 is 1. The number of ether oxygens (including phenoxy) is 1. The first-order valence-electron chi connectivity index (χ1n) is 4.78. The van der Waals surface area contributed by atoms with E-state index in [9.17, 15) is 19.1 Å². The Hall–Kier alpha value is -1.51. The van der Waals surface area contributed by atoms with E-state index in [2.05, 4.69) is 4.74 Å². The predicted octanol–water partition coefficient (Wildman–Crippen LogP) is -1.63. The van der Waals surface area contributed by atoms with Gasteiger partial charge in [-0.3, -0.25) is 14.3 Å². The molecule has 3 atom stereocenters. The van der Waals surface area contributed by atoms with Crippen LogP contribution in [-0.2, 0) is 4.74 Å². The Morgan fingerprint density at radius 1 is 1.59 bits per heavy atom. The maximum Gasteiger partial charge on any atom is 0.330 e. The number of aliphatic hydroxyl groups excluding tert-OH is 2. The molecule has 1 aromatic rings. The van der Waals surface area contributed by atoms with Crippen molar-refractivity contribution in [1.82, 2.24) is 9.55 Å². The van der Waals surface area contributed by atoms with Crippen molar-refractivity contribution < 1.29 is 19.3 Å². The summed E-state index contributed by atoms with van der Waals surface area (Å²) in [5.41, 5.74) is -1.60. The van der Waals surface area contributed by atoms with Crippen LogP contribution >= 0.6 is 0 Å². The van der Waals surface area contributed by atoms with E-state index in [1.165, 1.54) is 0 Å². The highest BCUT2D eigenvalue weighted by atomic mass is 19.1. The second-order valence-electron chi connectivity index (χ2n) is 3.33. The molecule has 96 valence electrons. The van der Waals surface area contributed by atoms with Crippen LogP contribution in [0.2, 0.25) is 0 Å². The molecule has 0 aromatic carbocycles. The van der Waals surface area contributed by atoms with Crippen LogP contribution in [0.3, 0.4) is 0 Å². The number of aliphatic hydroxyl groups is 2. The molecule has 0 spiro atoms. The van der Waals surface area contributed by atoms with Gasteiger partial charge in [-0.1, -0.05) is 0 Å². The average Bonchev–Trinajstić information content (AvgIpc) is 2.29. The van der Waals surface area contributed by atoms with E-state index in [-0.39, 0.29) is 0 Å². The minimum absolute atomic E-state index is 0.605. The van der Waals surface area contributed by atoms with Gasteiger partial charge in [-0.05, 0) is 0 Å². The van der Waals surface area contributed by atoms with E-state index in [4.69, 9.17) is 5.11 Å². The summed E-state index contributed by atoms with van der Waals surface area (Å²) in [6.07, 6.45) is -4.16. The molecule has 17 heavy (non-hydrogen) atoms. The molecule has 0 saturated heterocycles. The number of aromatic nitrogens is 2. The Balaban J connectivity index is 2.99. The molecule has 1 unspecified atom stereocenters. The minimum atomic E-state index is -2.01. The van der Waals surface area contributed by atoms with Crippen molar-refractivity contribution in [3.05, 3.63) is 33.1 Å². The van der Waals surface area contributed by atoms with Gasteiger partial charge < -0.3 is 14.9 Å². The largest absolute Gasteiger partial charge is 0.394 e. The van der Waals surface area contributed by atoms with E-state index in [1.54, 1.807) is 0 Å². The third kappa shape index (κ3) is 2.99. The summed E-state index contributed by atoms with van der Waals surface area (Å²) in [5.74, 6) is 0. The SMILES string of the molecule is CO[C@H](CO)[C@H](F)C(O)n1ccc(=O)[nH]c1=O. The lowest BCUT2D eigenvalue weighted by Gasteiger charge is -2.23. The fourth-order valence-corrected chi connectivity index (χ4v) is 1.29. The second-order valence-corrected chi connectivity index (χ2v) is 3.33. The summed E-state index contributed by atoms with van der Waals surface area (Å²) in [4.78, 5) is 23.9. The maximum atomic E-state index is 13.6. The van der Waals surface area contributed by atoms with Crippen molar-refractivity contribution >= 4 is 0 Å². The molecule has 8 heteroatoms. The average molecular weight is 248 g/mol. The molecule has 0 bridgehead atoms. The van der Waals surface area contributed by atoms with Gasteiger partial charge in [-0.15, -0.1) is 0 Å². The highest BCUT2D eigenvalue weighted by Crippen LogP contribution is 2.14. The van der Waals surface area contributed by atoms with Crippen molar-refractivity contribution in [3.63, 3.8) is 0 Å². The smallest absolute Gasteiger partial charge is 0.330 e. The molecular formula is C9H13FN2O5. The van der Waals surface area contributed by atoms with Gasteiger partial charge >= 0.3 is 5.69 Å². The van der Waals surface area contributed by atoms with Crippen molar-refractivity contribution in [2.45, 2.75) is 18.5 Å². The fraction of sp³-hybridized carbons (Fsp3) is 0.556. The van der Waals surface area contributed by atoms with Crippen molar-refractivity contribution in [2.24, 2.45) is 0 Å². The number of halogens is 1. The summed E-state index contributed by atoms with van der Waals surface area (Å²) in [6.45, 7) is -0.646. The van der Waals surface area contributed by atoms with Crippen molar-refractivity contribution in [1.29, 1.82) is 0 Å². The van der Waals surface area contributed by atoms with Crippen LogP contribution in [0.15, 0.2) is 21.9 Å². The minimum Gasteiger partial charge on any atom is -0.394 e. The number of hydrogen-bond acceptors (Lipinski definition) is 5. The standard InChI is InChI=1S/C9H13FN2O5/c1-17-5(4-13)7(10)8(15)12-3-2-6(14)11-9(12)16/h2-3,5,7-8,13,15H,4H2,1H3,(H,11,14,16)/t5-,7+,8?/m1/s1. The van der Waals surface area contributed by atoms with Crippen LogP contribution in [-0.4, -0.2) is 45.8 Å². The predicted molar refractivity (Wildman–Crippen MR) is 55.4 cm³/mol. The Labute approximate surface area is 95.1 Å². The molecule has 0 aliphatic heterocycles. The molecule has 1 heterocycles. The van der Waals surface area contributed by atoms with Crippen LogP contribution in [0, 0.1) is 0 Å². The molecule has 3 N–H and O–H groups in total. The number of hydrogen-bond donors (Lipinski definition) is 3. The van der Waals surface area contributed by atoms with E-state index in [1.807, 2.05) is 4.98 Å². The quantitative estimate of drug-likeness (QED) is 0.580. The molecule has 0 fully saturated rings. The highest BCUT2D eigenvalue weighted by Gasteiger charge is 2.29. The van der Waals surface area contributed by atoms with Crippen LogP contribution in [0.5, 0.6) is 0 Å². The Bertz CT molecular complexity index is 467. The second kappa shape index (κ2) is 5.71. The van der Waals surface area contributed by atoms with Crippen molar-refractivity contribution in [3.8, 4) is 0 Å². The third-order valence-electron chi connectivity index (χ3n) is 2.26. The van der Waals surface area contributed by atoms with Gasteiger partial charge in [-0.2, -0.15) is 0 Å². The molecule has 0 aliphatic rings. The molecule has 0 aliphatic carbocycles. The van der Waals surface area contributed by atoms with Gasteiger partial charge in [0.15, 0.2) is 12.4 Å². The zero-order chi connectivity index (χ0) is 13.0. The summed E-state index contributed by atoms with van der Waals surface area (Å²) in [6, 6.07) is 0.970. The van der Waals surface area contributed by atoms with Crippen LogP contribution in [0.4, 0.5) is 4.39 Å². The Morgan fingerprint density at radius 3 is 2.71 bits per heavy atom. The Morgan fingerprint density at radius 2 is 2.24 bits per heavy atom. The molecule has 0 amide bonds. The lowest BCUT2D eigenvalue weighted by atomic mass is 10.2. The monoisotopic (exact) mass is 248 g/mol. The first kappa shape index (κ1) is 13.6. The number of rotatable bonds is 5. The first-order chi connectivity index (χ1) is 8.01. The van der Waals surface area contributed by atoms with E-state index < -0.39 is 36.4 Å². The lowest BCUT2D eigenvalue weighted by molar-refractivity contribution is -0.0820. The van der Waals surface area contributed by atoms with Gasteiger partial charge in [0.2, 0.25) is 0 Å². The summed E-state index contributed by atoms with van der Waals surface area (Å²) < 4.78 is 18.8. The number of nitrogens with one attached hydrogen (secondary N) is 1. The Kier molecular flexibility index (Phi) is 4.55. The lowest BCUT2D eigenvalue weighted by Crippen LogP contribution is -2.41. The van der Waals surface area contributed by atoms with E-state index in [0.717, 1.165) is 19.4 Å².